The van der Waals surface area contributed by atoms with Crippen LogP contribution in [0.1, 0.15) is 40.1 Å². The van der Waals surface area contributed by atoms with Gasteiger partial charge in [0.05, 0.1) is 29.0 Å². The van der Waals surface area contributed by atoms with E-state index in [-0.39, 0.29) is 37.4 Å². The first-order valence-corrected chi connectivity index (χ1v) is 13.0. The highest BCUT2D eigenvalue weighted by Gasteiger charge is 2.33. The molecule has 184 valence electrons. The molecule has 0 unspecified atom stereocenters. The molecule has 0 aliphatic carbocycles. The van der Waals surface area contributed by atoms with Crippen LogP contribution in [0.25, 0.3) is 0 Å². The van der Waals surface area contributed by atoms with Crippen molar-refractivity contribution in [1.29, 1.82) is 0 Å². The fraction of sp³-hybridized carbons (Fsp3) is 0.308. The summed E-state index contributed by atoms with van der Waals surface area (Å²) in [4.78, 5) is 26.0. The summed E-state index contributed by atoms with van der Waals surface area (Å²) in [5.74, 6) is -0.270. The Morgan fingerprint density at radius 3 is 2.46 bits per heavy atom. The van der Waals surface area contributed by atoms with E-state index in [1.54, 1.807) is 55.5 Å². The number of sulfonamides is 1. The molecular weight excluding hydrogens is 466 g/mol. The van der Waals surface area contributed by atoms with Gasteiger partial charge in [0, 0.05) is 19.0 Å². The van der Waals surface area contributed by atoms with Crippen LogP contribution in [0.5, 0.6) is 0 Å². The van der Waals surface area contributed by atoms with Crippen molar-refractivity contribution in [2.24, 2.45) is 5.92 Å². The second-order valence-electron chi connectivity index (χ2n) is 8.74. The summed E-state index contributed by atoms with van der Waals surface area (Å²) < 4.78 is 32.9. The molecule has 35 heavy (non-hydrogen) atoms. The van der Waals surface area contributed by atoms with E-state index in [9.17, 15) is 18.0 Å². The number of piperidine rings is 1. The lowest BCUT2D eigenvalue weighted by molar-refractivity contribution is -0.120. The standard InChI is InChI=1S/C26H29N3O5S/c1-18-9-10-24(19(2)16-18)35(32,33)29-13-11-20(12-14-29)25(30)28-23-8-4-3-7-22(23)26(31)27-17-21-6-5-15-34-21/h3-10,15-16,20H,11-14,17H2,1-2H3,(H,27,31)(H,28,30). The zero-order valence-corrected chi connectivity index (χ0v) is 20.6. The van der Waals surface area contributed by atoms with Gasteiger partial charge in [-0.1, -0.05) is 29.8 Å². The van der Waals surface area contributed by atoms with E-state index in [4.69, 9.17) is 4.42 Å². The van der Waals surface area contributed by atoms with Crippen LogP contribution in [0.15, 0.2) is 70.2 Å². The molecule has 0 atom stereocenters. The number of amides is 2. The van der Waals surface area contributed by atoms with Gasteiger partial charge in [0.15, 0.2) is 0 Å². The van der Waals surface area contributed by atoms with Gasteiger partial charge in [-0.25, -0.2) is 8.42 Å². The highest BCUT2D eigenvalue weighted by molar-refractivity contribution is 7.89. The number of nitrogens with one attached hydrogen (secondary N) is 2. The molecule has 1 aromatic heterocycles. The average molecular weight is 496 g/mol. The van der Waals surface area contributed by atoms with Crippen LogP contribution in [0.4, 0.5) is 5.69 Å². The maximum atomic E-state index is 13.1. The Morgan fingerprint density at radius 1 is 1.03 bits per heavy atom. The third kappa shape index (κ3) is 5.63. The fourth-order valence-electron chi connectivity index (χ4n) is 4.29. The molecule has 2 amide bonds. The van der Waals surface area contributed by atoms with Crippen molar-refractivity contribution in [3.05, 3.63) is 83.3 Å². The molecule has 0 saturated carbocycles. The largest absolute Gasteiger partial charge is 0.467 e. The van der Waals surface area contributed by atoms with E-state index in [1.165, 1.54) is 10.6 Å². The average Bonchev–Trinajstić information content (AvgIpc) is 3.36. The van der Waals surface area contributed by atoms with Crippen molar-refractivity contribution in [3.8, 4) is 0 Å². The van der Waals surface area contributed by atoms with Crippen LogP contribution in [0.2, 0.25) is 0 Å². The zero-order chi connectivity index (χ0) is 25.0. The van der Waals surface area contributed by atoms with Gasteiger partial charge in [0.1, 0.15) is 5.76 Å². The van der Waals surface area contributed by atoms with E-state index < -0.39 is 10.0 Å². The summed E-state index contributed by atoms with van der Waals surface area (Å²) in [6.45, 7) is 4.48. The Bertz CT molecular complexity index is 1310. The van der Waals surface area contributed by atoms with Crippen LogP contribution >= 0.6 is 0 Å². The number of benzene rings is 2. The predicted molar refractivity (Wildman–Crippen MR) is 132 cm³/mol. The Labute approximate surface area is 205 Å². The zero-order valence-electron chi connectivity index (χ0n) is 19.8. The van der Waals surface area contributed by atoms with Gasteiger partial charge < -0.3 is 15.1 Å². The number of rotatable bonds is 7. The van der Waals surface area contributed by atoms with Crippen molar-refractivity contribution in [1.82, 2.24) is 9.62 Å². The predicted octanol–water partition coefficient (Wildman–Crippen LogP) is 3.87. The Morgan fingerprint density at radius 2 is 1.77 bits per heavy atom. The molecule has 1 saturated heterocycles. The van der Waals surface area contributed by atoms with Crippen molar-refractivity contribution in [3.63, 3.8) is 0 Å². The minimum Gasteiger partial charge on any atom is -0.467 e. The van der Waals surface area contributed by atoms with Crippen LogP contribution in [-0.2, 0) is 21.4 Å². The number of para-hydroxylation sites is 1. The van der Waals surface area contributed by atoms with Gasteiger partial charge in [0.2, 0.25) is 15.9 Å². The van der Waals surface area contributed by atoms with Crippen molar-refractivity contribution in [2.75, 3.05) is 18.4 Å². The Balaban J connectivity index is 1.38. The number of carbonyl (C=O) groups is 2. The molecule has 8 nitrogen and oxygen atoms in total. The van der Waals surface area contributed by atoms with E-state index in [0.717, 1.165) is 5.56 Å². The molecule has 0 bridgehead atoms. The van der Waals surface area contributed by atoms with Crippen LogP contribution in [-0.4, -0.2) is 37.6 Å². The highest BCUT2D eigenvalue weighted by Crippen LogP contribution is 2.27. The van der Waals surface area contributed by atoms with Crippen LogP contribution in [0, 0.1) is 19.8 Å². The molecule has 0 radical (unpaired) electrons. The number of aryl methyl sites for hydroxylation is 2. The third-order valence-electron chi connectivity index (χ3n) is 6.21. The highest BCUT2D eigenvalue weighted by atomic mass is 32.2. The summed E-state index contributed by atoms with van der Waals surface area (Å²) >= 11 is 0. The number of hydrogen-bond acceptors (Lipinski definition) is 5. The lowest BCUT2D eigenvalue weighted by atomic mass is 9.97. The molecule has 3 aromatic rings. The van der Waals surface area contributed by atoms with E-state index in [1.807, 2.05) is 13.0 Å². The first-order chi connectivity index (χ1) is 16.8. The number of carbonyl (C=O) groups excluding carboxylic acids is 2. The minimum absolute atomic E-state index is 0.222. The monoisotopic (exact) mass is 495 g/mol. The molecule has 0 spiro atoms. The van der Waals surface area contributed by atoms with E-state index in [2.05, 4.69) is 10.6 Å². The summed E-state index contributed by atoms with van der Waals surface area (Å²) in [5, 5.41) is 5.65. The first-order valence-electron chi connectivity index (χ1n) is 11.5. The van der Waals surface area contributed by atoms with Gasteiger partial charge in [-0.3, -0.25) is 9.59 Å². The number of nitrogens with zero attached hydrogens (tertiary/aromatic N) is 1. The summed E-state index contributed by atoms with van der Waals surface area (Å²) in [5.41, 5.74) is 2.49. The second-order valence-corrected chi connectivity index (χ2v) is 10.7. The summed E-state index contributed by atoms with van der Waals surface area (Å²) in [6.07, 6.45) is 2.35. The lowest BCUT2D eigenvalue weighted by Gasteiger charge is -2.31. The molecule has 2 heterocycles. The van der Waals surface area contributed by atoms with Crippen molar-refractivity contribution < 1.29 is 22.4 Å². The second kappa shape index (κ2) is 10.5. The normalized spacial score (nSPS) is 15.0. The number of furan rings is 1. The van der Waals surface area contributed by atoms with Crippen molar-refractivity contribution >= 4 is 27.5 Å². The summed E-state index contributed by atoms with van der Waals surface area (Å²) in [6, 6.07) is 15.6. The molecule has 1 aliphatic rings. The van der Waals surface area contributed by atoms with Gasteiger partial charge in [-0.05, 0) is 62.6 Å². The SMILES string of the molecule is Cc1ccc(S(=O)(=O)N2CCC(C(=O)Nc3ccccc3C(=O)NCc3ccco3)CC2)c(C)c1. The summed E-state index contributed by atoms with van der Waals surface area (Å²) in [7, 11) is -3.62. The third-order valence-corrected chi connectivity index (χ3v) is 8.26. The fourth-order valence-corrected chi connectivity index (χ4v) is 5.96. The molecule has 1 fully saturated rings. The van der Waals surface area contributed by atoms with Gasteiger partial charge in [-0.2, -0.15) is 4.31 Å². The van der Waals surface area contributed by atoms with Gasteiger partial charge in [-0.15, -0.1) is 0 Å². The minimum atomic E-state index is -3.62. The molecule has 9 heteroatoms. The molecule has 2 N–H and O–H groups in total. The lowest BCUT2D eigenvalue weighted by Crippen LogP contribution is -2.41. The Kier molecular flexibility index (Phi) is 7.37. The molecule has 1 aliphatic heterocycles. The topological polar surface area (TPSA) is 109 Å². The quantitative estimate of drug-likeness (QED) is 0.517. The Hall–Kier alpha value is -3.43. The smallest absolute Gasteiger partial charge is 0.253 e. The maximum Gasteiger partial charge on any atom is 0.253 e. The molecule has 2 aromatic carbocycles. The van der Waals surface area contributed by atoms with Crippen molar-refractivity contribution in [2.45, 2.75) is 38.1 Å². The maximum absolute atomic E-state index is 13.1. The van der Waals surface area contributed by atoms with Gasteiger partial charge >= 0.3 is 0 Å². The van der Waals surface area contributed by atoms with Crippen LogP contribution in [0.3, 0.4) is 0 Å². The van der Waals surface area contributed by atoms with E-state index in [0.29, 0.717) is 40.3 Å². The first kappa shape index (κ1) is 24.7. The molecular formula is C26H29N3O5S. The number of anilines is 1. The van der Waals surface area contributed by atoms with Gasteiger partial charge in [0.25, 0.3) is 5.91 Å². The number of hydrogen-bond donors (Lipinski definition) is 2. The van der Waals surface area contributed by atoms with E-state index >= 15 is 0 Å². The van der Waals surface area contributed by atoms with Crippen LogP contribution < -0.4 is 10.6 Å². The molecule has 4 rings (SSSR count).